The fourth-order valence-electron chi connectivity index (χ4n) is 3.13. The van der Waals surface area contributed by atoms with E-state index in [1.807, 2.05) is 42.5 Å². The van der Waals surface area contributed by atoms with Crippen LogP contribution >= 0.6 is 11.6 Å². The summed E-state index contributed by atoms with van der Waals surface area (Å²) in [5.74, 6) is -0.173. The largest absolute Gasteiger partial charge is 0.382 e. The number of hydrogen-bond acceptors (Lipinski definition) is 4. The topological polar surface area (TPSA) is 80.8 Å². The van der Waals surface area contributed by atoms with Crippen molar-refractivity contribution >= 4 is 23.5 Å². The van der Waals surface area contributed by atoms with E-state index in [1.54, 1.807) is 44.6 Å². The number of benzene rings is 2. The summed E-state index contributed by atoms with van der Waals surface area (Å²) in [6.07, 6.45) is 1.73. The van der Waals surface area contributed by atoms with Crippen molar-refractivity contribution in [3.63, 3.8) is 0 Å². The van der Waals surface area contributed by atoms with Gasteiger partial charge < -0.3 is 10.5 Å². The number of aromatic nitrogens is 1. The normalized spacial score (nSPS) is 12.4. The van der Waals surface area contributed by atoms with Crippen LogP contribution in [-0.4, -0.2) is 42.5 Å². The van der Waals surface area contributed by atoms with Crippen LogP contribution in [0.4, 0.5) is 0 Å². The Kier molecular flexibility index (Phi) is 7.17. The minimum absolute atomic E-state index is 0.103. The highest BCUT2D eigenvalue weighted by Gasteiger charge is 2.29. The van der Waals surface area contributed by atoms with Gasteiger partial charge in [0.1, 0.15) is 0 Å². The lowest BCUT2D eigenvalue weighted by Gasteiger charge is -2.31. The van der Waals surface area contributed by atoms with Crippen LogP contribution < -0.4 is 5.73 Å². The SMILES string of the molecule is CN=C(N)N(C(=O)c1ccc(-c2ccccn2)cc1)C(COC)c1ccc(Cl)cc1. The van der Waals surface area contributed by atoms with E-state index in [0.717, 1.165) is 16.8 Å². The van der Waals surface area contributed by atoms with E-state index >= 15 is 0 Å². The van der Waals surface area contributed by atoms with E-state index in [4.69, 9.17) is 22.1 Å². The molecule has 0 fully saturated rings. The molecule has 0 saturated heterocycles. The summed E-state index contributed by atoms with van der Waals surface area (Å²) in [5.41, 5.74) is 9.21. The Balaban J connectivity index is 1.96. The lowest BCUT2D eigenvalue weighted by atomic mass is 10.0. The number of rotatable bonds is 6. The van der Waals surface area contributed by atoms with Gasteiger partial charge in [0.2, 0.25) is 0 Å². The Hall–Kier alpha value is -3.22. The maximum atomic E-state index is 13.4. The van der Waals surface area contributed by atoms with Gasteiger partial charge in [-0.2, -0.15) is 0 Å². The summed E-state index contributed by atoms with van der Waals surface area (Å²) in [5, 5.41) is 0.607. The van der Waals surface area contributed by atoms with Gasteiger partial charge in [-0.1, -0.05) is 41.9 Å². The van der Waals surface area contributed by atoms with Gasteiger partial charge in [0, 0.05) is 36.5 Å². The summed E-state index contributed by atoms with van der Waals surface area (Å²) < 4.78 is 5.38. The standard InChI is InChI=1S/C23H23ClN4O2/c1-26-23(25)28(21(15-30-2)17-10-12-19(24)13-11-17)22(29)18-8-6-16(7-9-18)20-5-3-4-14-27-20/h3-14,21H,15H2,1-2H3,(H2,25,26). The molecule has 3 aromatic rings. The van der Waals surface area contributed by atoms with Crippen LogP contribution in [-0.2, 0) is 4.74 Å². The first-order valence-corrected chi connectivity index (χ1v) is 9.74. The van der Waals surface area contributed by atoms with Crippen molar-refractivity contribution in [3.05, 3.63) is 89.1 Å². The van der Waals surface area contributed by atoms with Crippen LogP contribution in [0, 0.1) is 0 Å². The molecule has 7 heteroatoms. The maximum Gasteiger partial charge on any atom is 0.261 e. The maximum absolute atomic E-state index is 13.4. The predicted molar refractivity (Wildman–Crippen MR) is 119 cm³/mol. The molecule has 2 N–H and O–H groups in total. The summed E-state index contributed by atoms with van der Waals surface area (Å²) in [6.45, 7) is 0.246. The molecule has 1 aromatic heterocycles. The number of nitrogens with zero attached hydrogens (tertiary/aromatic N) is 3. The van der Waals surface area contributed by atoms with E-state index in [2.05, 4.69) is 9.98 Å². The molecule has 6 nitrogen and oxygen atoms in total. The monoisotopic (exact) mass is 422 g/mol. The molecule has 0 saturated carbocycles. The number of nitrogens with two attached hydrogens (primary N) is 1. The van der Waals surface area contributed by atoms with Gasteiger partial charge in [-0.25, -0.2) is 0 Å². The summed E-state index contributed by atoms with van der Waals surface area (Å²) >= 11 is 6.02. The second-order valence-corrected chi connectivity index (χ2v) is 7.01. The zero-order valence-electron chi connectivity index (χ0n) is 16.8. The first-order chi connectivity index (χ1) is 14.5. The molecule has 0 radical (unpaired) electrons. The molecular formula is C23H23ClN4O2. The average molecular weight is 423 g/mol. The van der Waals surface area contributed by atoms with E-state index in [9.17, 15) is 4.79 Å². The Morgan fingerprint density at radius 2 is 1.83 bits per heavy atom. The molecular weight excluding hydrogens is 400 g/mol. The van der Waals surface area contributed by atoms with Crippen LogP contribution in [0.5, 0.6) is 0 Å². The van der Waals surface area contributed by atoms with E-state index in [-0.39, 0.29) is 18.5 Å². The molecule has 1 atom stereocenters. The van der Waals surface area contributed by atoms with Gasteiger partial charge in [-0.3, -0.25) is 19.7 Å². The first-order valence-electron chi connectivity index (χ1n) is 9.37. The van der Waals surface area contributed by atoms with Gasteiger partial charge in [0.25, 0.3) is 5.91 Å². The highest BCUT2D eigenvalue weighted by atomic mass is 35.5. The molecule has 3 rings (SSSR count). The molecule has 0 aliphatic carbocycles. The highest BCUT2D eigenvalue weighted by Crippen LogP contribution is 2.26. The van der Waals surface area contributed by atoms with Crippen molar-refractivity contribution in [2.24, 2.45) is 10.7 Å². The molecule has 1 amide bonds. The van der Waals surface area contributed by atoms with Crippen molar-refractivity contribution in [2.45, 2.75) is 6.04 Å². The molecule has 2 aromatic carbocycles. The zero-order valence-corrected chi connectivity index (χ0v) is 17.6. The van der Waals surface area contributed by atoms with E-state index < -0.39 is 6.04 Å². The summed E-state index contributed by atoms with van der Waals surface area (Å²) in [4.78, 5) is 23.3. The van der Waals surface area contributed by atoms with E-state index in [1.165, 1.54) is 4.90 Å². The number of carbonyl (C=O) groups excluding carboxylic acids is 1. The van der Waals surface area contributed by atoms with Gasteiger partial charge in [-0.05, 0) is 42.0 Å². The first kappa shape index (κ1) is 21.5. The van der Waals surface area contributed by atoms with Crippen molar-refractivity contribution in [2.75, 3.05) is 20.8 Å². The molecule has 1 unspecified atom stereocenters. The van der Waals surface area contributed by atoms with Crippen molar-refractivity contribution in [3.8, 4) is 11.3 Å². The minimum Gasteiger partial charge on any atom is -0.382 e. The summed E-state index contributed by atoms with van der Waals surface area (Å²) in [7, 11) is 3.12. The van der Waals surface area contributed by atoms with Crippen LogP contribution in [0.3, 0.4) is 0 Å². The van der Waals surface area contributed by atoms with Gasteiger partial charge in [-0.15, -0.1) is 0 Å². The summed E-state index contributed by atoms with van der Waals surface area (Å²) in [6, 6.07) is 19.7. The molecule has 0 spiro atoms. The Morgan fingerprint density at radius 3 is 2.40 bits per heavy atom. The number of ether oxygens (including phenoxy) is 1. The number of carbonyl (C=O) groups is 1. The van der Waals surface area contributed by atoms with Crippen LogP contribution in [0.15, 0.2) is 77.9 Å². The molecule has 1 heterocycles. The van der Waals surface area contributed by atoms with Gasteiger partial charge in [0.05, 0.1) is 18.3 Å². The lowest BCUT2D eigenvalue weighted by Crippen LogP contribution is -2.45. The second kappa shape index (κ2) is 10.0. The number of amides is 1. The Morgan fingerprint density at radius 1 is 1.13 bits per heavy atom. The van der Waals surface area contributed by atoms with Crippen LogP contribution in [0.1, 0.15) is 22.0 Å². The Bertz CT molecular complexity index is 1010. The highest BCUT2D eigenvalue weighted by molar-refractivity contribution is 6.30. The van der Waals surface area contributed by atoms with Crippen LogP contribution in [0.25, 0.3) is 11.3 Å². The number of guanidine groups is 1. The van der Waals surface area contributed by atoms with Crippen LogP contribution in [0.2, 0.25) is 5.02 Å². The lowest BCUT2D eigenvalue weighted by molar-refractivity contribution is 0.0699. The van der Waals surface area contributed by atoms with Gasteiger partial charge in [0.15, 0.2) is 5.96 Å². The molecule has 154 valence electrons. The predicted octanol–water partition coefficient (Wildman–Crippen LogP) is 4.18. The van der Waals surface area contributed by atoms with Crippen molar-refractivity contribution in [1.29, 1.82) is 0 Å². The van der Waals surface area contributed by atoms with E-state index in [0.29, 0.717) is 10.6 Å². The fraction of sp³-hybridized carbons (Fsp3) is 0.174. The smallest absolute Gasteiger partial charge is 0.261 e. The Labute approximate surface area is 181 Å². The number of pyridine rings is 1. The number of halogens is 1. The number of aliphatic imine (C=N–C) groups is 1. The van der Waals surface area contributed by atoms with Gasteiger partial charge >= 0.3 is 0 Å². The zero-order chi connectivity index (χ0) is 21.5. The molecule has 0 aliphatic rings. The quantitative estimate of drug-likeness (QED) is 0.477. The van der Waals surface area contributed by atoms with Crippen molar-refractivity contribution < 1.29 is 9.53 Å². The van der Waals surface area contributed by atoms with Crippen molar-refractivity contribution in [1.82, 2.24) is 9.88 Å². The molecule has 0 aliphatic heterocycles. The number of methoxy groups -OCH3 is 1. The third-order valence-corrected chi connectivity index (χ3v) is 4.93. The number of hydrogen-bond donors (Lipinski definition) is 1. The fourth-order valence-corrected chi connectivity index (χ4v) is 3.26. The minimum atomic E-state index is -0.459. The molecule has 0 bridgehead atoms. The third-order valence-electron chi connectivity index (χ3n) is 4.68. The third kappa shape index (κ3) is 4.84. The average Bonchev–Trinajstić information content (AvgIpc) is 2.79. The second-order valence-electron chi connectivity index (χ2n) is 6.57. The molecule has 30 heavy (non-hydrogen) atoms.